The van der Waals surface area contributed by atoms with Crippen molar-refractivity contribution in [2.45, 2.75) is 25.3 Å². The van der Waals surface area contributed by atoms with Crippen molar-refractivity contribution in [3.05, 3.63) is 23.3 Å². The van der Waals surface area contributed by atoms with E-state index in [9.17, 15) is 4.79 Å². The van der Waals surface area contributed by atoms with Crippen molar-refractivity contribution in [3.63, 3.8) is 0 Å². The SMILES string of the molecule is C#CC=CC1=C(C)CCC1(N)C(=O)O. The van der Waals surface area contributed by atoms with Crippen molar-refractivity contribution < 1.29 is 9.90 Å². The number of nitrogens with two attached hydrogens (primary N) is 1. The Bertz CT molecular complexity index is 360. The predicted octanol–water partition coefficient (Wildman–Crippen LogP) is 1.07. The fourth-order valence-electron chi connectivity index (χ4n) is 1.68. The molecule has 3 nitrogen and oxygen atoms in total. The molecule has 0 heterocycles. The van der Waals surface area contributed by atoms with Crippen LogP contribution in [0.3, 0.4) is 0 Å². The van der Waals surface area contributed by atoms with Gasteiger partial charge in [-0.15, -0.1) is 6.42 Å². The van der Waals surface area contributed by atoms with Crippen LogP contribution in [0.2, 0.25) is 0 Å². The summed E-state index contributed by atoms with van der Waals surface area (Å²) in [6.07, 6.45) is 9.33. The molecule has 0 saturated carbocycles. The molecule has 1 unspecified atom stereocenters. The van der Waals surface area contributed by atoms with E-state index in [0.717, 1.165) is 5.57 Å². The van der Waals surface area contributed by atoms with Gasteiger partial charge in [0.05, 0.1) is 0 Å². The molecule has 0 radical (unpaired) electrons. The molecule has 0 saturated heterocycles. The van der Waals surface area contributed by atoms with E-state index in [1.165, 1.54) is 6.08 Å². The summed E-state index contributed by atoms with van der Waals surface area (Å²) in [4.78, 5) is 11.0. The molecule has 1 aliphatic rings. The quantitative estimate of drug-likeness (QED) is 0.642. The number of hydrogen-bond donors (Lipinski definition) is 2. The third kappa shape index (κ3) is 1.57. The Labute approximate surface area is 83.3 Å². The summed E-state index contributed by atoms with van der Waals surface area (Å²) in [5.74, 6) is 1.33. The standard InChI is InChI=1S/C11H13NO2/c1-3-4-5-9-8(2)6-7-11(9,12)10(13)14/h1,4-5H,6-7,12H2,2H3,(H,13,14). The molecule has 14 heavy (non-hydrogen) atoms. The second-order valence-corrected chi connectivity index (χ2v) is 3.47. The number of carboxylic acids is 1. The molecule has 1 aliphatic carbocycles. The molecule has 3 N–H and O–H groups in total. The van der Waals surface area contributed by atoms with E-state index in [2.05, 4.69) is 5.92 Å². The van der Waals surface area contributed by atoms with Crippen LogP contribution in [-0.4, -0.2) is 16.6 Å². The highest BCUT2D eigenvalue weighted by atomic mass is 16.4. The maximum absolute atomic E-state index is 11.0. The summed E-state index contributed by atoms with van der Waals surface area (Å²) in [5.41, 5.74) is 6.19. The van der Waals surface area contributed by atoms with Crippen molar-refractivity contribution in [1.29, 1.82) is 0 Å². The summed E-state index contributed by atoms with van der Waals surface area (Å²) in [6, 6.07) is 0. The van der Waals surface area contributed by atoms with Gasteiger partial charge in [0.25, 0.3) is 0 Å². The first kappa shape index (κ1) is 10.6. The van der Waals surface area contributed by atoms with Gasteiger partial charge >= 0.3 is 5.97 Å². The van der Waals surface area contributed by atoms with Crippen LogP contribution in [0.25, 0.3) is 0 Å². The average molecular weight is 191 g/mol. The Morgan fingerprint density at radius 1 is 1.79 bits per heavy atom. The van der Waals surface area contributed by atoms with Gasteiger partial charge in [0.1, 0.15) is 5.54 Å². The third-order valence-electron chi connectivity index (χ3n) is 2.56. The third-order valence-corrected chi connectivity index (χ3v) is 2.56. The van der Waals surface area contributed by atoms with E-state index in [1.807, 2.05) is 6.92 Å². The monoisotopic (exact) mass is 191 g/mol. The van der Waals surface area contributed by atoms with Crippen LogP contribution in [0.5, 0.6) is 0 Å². The molecule has 0 bridgehead atoms. The Morgan fingerprint density at radius 3 is 2.93 bits per heavy atom. The number of terminal acetylenes is 1. The molecule has 74 valence electrons. The van der Waals surface area contributed by atoms with E-state index in [-0.39, 0.29) is 0 Å². The lowest BCUT2D eigenvalue weighted by Crippen LogP contribution is -2.47. The first-order chi connectivity index (χ1) is 6.52. The largest absolute Gasteiger partial charge is 0.480 e. The minimum absolute atomic E-state index is 0.443. The lowest BCUT2D eigenvalue weighted by atomic mass is 9.92. The lowest BCUT2D eigenvalue weighted by Gasteiger charge is -2.20. The van der Waals surface area contributed by atoms with Crippen molar-refractivity contribution in [2.75, 3.05) is 0 Å². The molecule has 0 aromatic carbocycles. The summed E-state index contributed by atoms with van der Waals surface area (Å²) < 4.78 is 0. The molecule has 0 aromatic heterocycles. The normalized spacial score (nSPS) is 26.9. The van der Waals surface area contributed by atoms with Crippen LogP contribution >= 0.6 is 0 Å². The number of carboxylic acid groups (broad SMARTS) is 1. The van der Waals surface area contributed by atoms with Gasteiger partial charge < -0.3 is 10.8 Å². The van der Waals surface area contributed by atoms with E-state index in [1.54, 1.807) is 6.08 Å². The molecule has 0 aliphatic heterocycles. The first-order valence-corrected chi connectivity index (χ1v) is 4.37. The maximum Gasteiger partial charge on any atom is 0.328 e. The van der Waals surface area contributed by atoms with Crippen molar-refractivity contribution in [2.24, 2.45) is 5.73 Å². The Kier molecular flexibility index (Phi) is 2.78. The highest BCUT2D eigenvalue weighted by molar-refractivity contribution is 5.85. The van der Waals surface area contributed by atoms with Gasteiger partial charge in [0.2, 0.25) is 0 Å². The molecule has 0 aromatic rings. The van der Waals surface area contributed by atoms with Gasteiger partial charge in [0, 0.05) is 0 Å². The zero-order valence-electron chi connectivity index (χ0n) is 8.08. The van der Waals surface area contributed by atoms with Gasteiger partial charge in [-0.25, -0.2) is 4.79 Å². The van der Waals surface area contributed by atoms with Crippen LogP contribution in [0.1, 0.15) is 19.8 Å². The minimum Gasteiger partial charge on any atom is -0.480 e. The number of carbonyl (C=O) groups is 1. The molecule has 1 rings (SSSR count). The van der Waals surface area contributed by atoms with E-state index >= 15 is 0 Å². The second kappa shape index (κ2) is 3.69. The summed E-state index contributed by atoms with van der Waals surface area (Å²) in [6.45, 7) is 1.88. The highest BCUT2D eigenvalue weighted by Crippen LogP contribution is 2.34. The first-order valence-electron chi connectivity index (χ1n) is 4.37. The minimum atomic E-state index is -1.25. The number of rotatable bonds is 2. The summed E-state index contributed by atoms with van der Waals surface area (Å²) >= 11 is 0. The molecule has 3 heteroatoms. The summed E-state index contributed by atoms with van der Waals surface area (Å²) in [7, 11) is 0. The molecular weight excluding hydrogens is 178 g/mol. The second-order valence-electron chi connectivity index (χ2n) is 3.47. The van der Waals surface area contributed by atoms with Crippen LogP contribution in [-0.2, 0) is 4.79 Å². The average Bonchev–Trinajstić information content (AvgIpc) is 2.42. The number of aliphatic carboxylic acids is 1. The Morgan fingerprint density at radius 2 is 2.43 bits per heavy atom. The van der Waals surface area contributed by atoms with E-state index in [4.69, 9.17) is 17.3 Å². The zero-order valence-corrected chi connectivity index (χ0v) is 8.08. The van der Waals surface area contributed by atoms with Crippen LogP contribution in [0, 0.1) is 12.3 Å². The molecule has 1 atom stereocenters. The molecule has 0 amide bonds. The Balaban J connectivity index is 3.10. The van der Waals surface area contributed by atoms with Crippen molar-refractivity contribution >= 4 is 5.97 Å². The Hall–Kier alpha value is -1.53. The number of allylic oxidation sites excluding steroid dienone is 2. The van der Waals surface area contributed by atoms with Crippen LogP contribution in [0.15, 0.2) is 23.3 Å². The molecule has 0 spiro atoms. The van der Waals surface area contributed by atoms with Gasteiger partial charge in [-0.2, -0.15) is 0 Å². The maximum atomic E-state index is 11.0. The van der Waals surface area contributed by atoms with Gasteiger partial charge in [-0.1, -0.05) is 11.5 Å². The number of hydrogen-bond acceptors (Lipinski definition) is 2. The fourth-order valence-corrected chi connectivity index (χ4v) is 1.68. The highest BCUT2D eigenvalue weighted by Gasteiger charge is 2.41. The van der Waals surface area contributed by atoms with E-state index < -0.39 is 11.5 Å². The van der Waals surface area contributed by atoms with Crippen molar-refractivity contribution in [3.8, 4) is 12.3 Å². The van der Waals surface area contributed by atoms with Crippen molar-refractivity contribution in [1.82, 2.24) is 0 Å². The molecular formula is C11H13NO2. The van der Waals surface area contributed by atoms with Gasteiger partial charge in [-0.05, 0) is 37.5 Å². The molecule has 0 fully saturated rings. The van der Waals surface area contributed by atoms with Gasteiger partial charge in [-0.3, -0.25) is 0 Å². The fraction of sp³-hybridized carbons (Fsp3) is 0.364. The van der Waals surface area contributed by atoms with Gasteiger partial charge in [0.15, 0.2) is 0 Å². The van der Waals surface area contributed by atoms with Crippen LogP contribution in [0.4, 0.5) is 0 Å². The topological polar surface area (TPSA) is 63.3 Å². The zero-order chi connectivity index (χ0) is 10.8. The van der Waals surface area contributed by atoms with E-state index in [0.29, 0.717) is 18.4 Å². The predicted molar refractivity (Wildman–Crippen MR) is 54.5 cm³/mol. The van der Waals surface area contributed by atoms with Crippen LogP contribution < -0.4 is 5.73 Å². The summed E-state index contributed by atoms with van der Waals surface area (Å²) in [5, 5.41) is 9.02. The smallest absolute Gasteiger partial charge is 0.328 e. The lowest BCUT2D eigenvalue weighted by molar-refractivity contribution is -0.141.